The van der Waals surface area contributed by atoms with Gasteiger partial charge in [0.2, 0.25) is 0 Å². The van der Waals surface area contributed by atoms with Gasteiger partial charge in [-0.1, -0.05) is 18.2 Å². The maximum Gasteiger partial charge on any atom is 0.258 e. The molecule has 1 fully saturated rings. The van der Waals surface area contributed by atoms with Crippen LogP contribution in [0.25, 0.3) is 10.9 Å². The first-order valence-electron chi connectivity index (χ1n) is 8.89. The molecule has 0 spiro atoms. The van der Waals surface area contributed by atoms with E-state index < -0.39 is 16.1 Å². The van der Waals surface area contributed by atoms with Gasteiger partial charge in [-0.05, 0) is 49.4 Å². The van der Waals surface area contributed by atoms with Gasteiger partial charge < -0.3 is 5.11 Å². The lowest BCUT2D eigenvalue weighted by Crippen LogP contribution is -2.41. The van der Waals surface area contributed by atoms with E-state index in [1.807, 2.05) is 30.3 Å². The van der Waals surface area contributed by atoms with Crippen molar-refractivity contribution in [2.24, 2.45) is 13.0 Å². The van der Waals surface area contributed by atoms with E-state index in [0.717, 1.165) is 16.5 Å². The van der Waals surface area contributed by atoms with Crippen LogP contribution in [-0.2, 0) is 17.1 Å². The Hall–Kier alpha value is -2.29. The molecule has 3 aromatic rings. The molecule has 1 unspecified atom stereocenters. The zero-order chi connectivity index (χ0) is 19.2. The van der Waals surface area contributed by atoms with Gasteiger partial charge in [-0.2, -0.15) is 5.10 Å². The fourth-order valence-corrected chi connectivity index (χ4v) is 5.16. The molecule has 0 aliphatic heterocycles. The molecule has 2 aromatic heterocycles. The Kier molecular flexibility index (Phi) is 4.49. The summed E-state index contributed by atoms with van der Waals surface area (Å²) in [6, 6.07) is 10.8. The number of aryl methyl sites for hydroxylation is 2. The second-order valence-corrected chi connectivity index (χ2v) is 8.85. The first-order chi connectivity index (χ1) is 12.8. The molecule has 8 heteroatoms. The smallest absolute Gasteiger partial charge is 0.258 e. The number of hydrogen-bond acceptors (Lipinski definition) is 5. The number of fused-ring (bicyclic) bond motifs is 1. The zero-order valence-electron chi connectivity index (χ0n) is 15.2. The van der Waals surface area contributed by atoms with Gasteiger partial charge in [0.25, 0.3) is 10.0 Å². The molecule has 2 heterocycles. The summed E-state index contributed by atoms with van der Waals surface area (Å²) in [4.78, 5) is 4.47. The highest BCUT2D eigenvalue weighted by Crippen LogP contribution is 2.39. The van der Waals surface area contributed by atoms with E-state index in [2.05, 4.69) is 14.8 Å². The minimum Gasteiger partial charge on any atom is -0.393 e. The number of sulfonamides is 1. The fraction of sp³-hybridized carbons (Fsp3) is 0.368. The largest absolute Gasteiger partial charge is 0.393 e. The van der Waals surface area contributed by atoms with E-state index in [-0.39, 0.29) is 17.0 Å². The first-order valence-corrected chi connectivity index (χ1v) is 10.4. The molecule has 1 atom stereocenters. The van der Waals surface area contributed by atoms with Crippen molar-refractivity contribution < 1.29 is 13.5 Å². The molecule has 0 radical (unpaired) electrons. The Morgan fingerprint density at radius 1 is 1.26 bits per heavy atom. The Labute approximate surface area is 158 Å². The molecule has 0 saturated heterocycles. The van der Waals surface area contributed by atoms with Crippen LogP contribution in [0.5, 0.6) is 0 Å². The summed E-state index contributed by atoms with van der Waals surface area (Å²) in [5.74, 6) is 0.0204. The average Bonchev–Trinajstić information content (AvgIpc) is 2.96. The van der Waals surface area contributed by atoms with E-state index in [1.54, 1.807) is 26.2 Å². The van der Waals surface area contributed by atoms with Crippen LogP contribution in [0.2, 0.25) is 0 Å². The maximum absolute atomic E-state index is 13.0. The first kappa shape index (κ1) is 18.1. The number of aliphatic hydroxyl groups is 1. The molecule has 27 heavy (non-hydrogen) atoms. The maximum atomic E-state index is 13.0. The molecular weight excluding hydrogens is 364 g/mol. The van der Waals surface area contributed by atoms with E-state index in [9.17, 15) is 13.5 Å². The predicted octanol–water partition coefficient (Wildman–Crippen LogP) is 2.07. The third kappa shape index (κ3) is 3.47. The van der Waals surface area contributed by atoms with Crippen molar-refractivity contribution in [1.82, 2.24) is 19.5 Å². The Balaban J connectivity index is 1.71. The summed E-state index contributed by atoms with van der Waals surface area (Å²) >= 11 is 0. The molecule has 4 rings (SSSR count). The number of aromatic nitrogens is 3. The van der Waals surface area contributed by atoms with Crippen molar-refractivity contribution in [1.29, 1.82) is 0 Å². The van der Waals surface area contributed by atoms with Gasteiger partial charge in [0.15, 0.2) is 5.03 Å². The number of rotatable bonds is 5. The topological polar surface area (TPSA) is 97.1 Å². The molecule has 1 saturated carbocycles. The van der Waals surface area contributed by atoms with Crippen LogP contribution in [0.1, 0.15) is 30.1 Å². The highest BCUT2D eigenvalue weighted by molar-refractivity contribution is 7.89. The lowest BCUT2D eigenvalue weighted by Gasteiger charge is -2.38. The van der Waals surface area contributed by atoms with Crippen LogP contribution in [0.15, 0.2) is 47.6 Å². The van der Waals surface area contributed by atoms with E-state index in [1.165, 1.54) is 4.68 Å². The third-order valence-corrected chi connectivity index (χ3v) is 6.61. The van der Waals surface area contributed by atoms with Gasteiger partial charge in [-0.15, -0.1) is 0 Å². The highest BCUT2D eigenvalue weighted by atomic mass is 32.2. The molecule has 1 aromatic carbocycles. The van der Waals surface area contributed by atoms with Crippen LogP contribution in [-0.4, -0.2) is 34.4 Å². The number of nitrogens with zero attached hydrogens (tertiary/aromatic N) is 3. The van der Waals surface area contributed by atoms with Crippen LogP contribution in [0.3, 0.4) is 0 Å². The van der Waals surface area contributed by atoms with E-state index >= 15 is 0 Å². The van der Waals surface area contributed by atoms with E-state index in [0.29, 0.717) is 18.5 Å². The van der Waals surface area contributed by atoms with Gasteiger partial charge in [0, 0.05) is 18.6 Å². The molecule has 2 N–H and O–H groups in total. The predicted molar refractivity (Wildman–Crippen MR) is 101 cm³/mol. The number of aliphatic hydroxyl groups excluding tert-OH is 1. The minimum absolute atomic E-state index is 0.0204. The lowest BCUT2D eigenvalue weighted by molar-refractivity contribution is 0.0280. The second-order valence-electron chi connectivity index (χ2n) is 7.19. The normalized spacial score (nSPS) is 21.1. The SMILES string of the molecule is Cc1cc(S(=O)(=O)NC(c2cnc3ccccc3c2)C2CC(O)C2)n(C)n1. The standard InChI is InChI=1S/C19H22N4O3S/c1-12-7-18(23(2)21-12)27(25,26)22-19(14-9-16(24)10-14)15-8-13-5-3-4-6-17(13)20-11-15/h3-8,11,14,16,19,22,24H,9-10H2,1-2H3. The summed E-state index contributed by atoms with van der Waals surface area (Å²) in [5, 5.41) is 15.0. The van der Waals surface area contributed by atoms with Gasteiger partial charge in [0.1, 0.15) is 0 Å². The second kappa shape index (κ2) is 6.70. The van der Waals surface area contributed by atoms with Crippen molar-refractivity contribution in [3.8, 4) is 0 Å². The molecule has 0 bridgehead atoms. The van der Waals surface area contributed by atoms with Crippen LogP contribution < -0.4 is 4.72 Å². The highest BCUT2D eigenvalue weighted by Gasteiger charge is 2.38. The summed E-state index contributed by atoms with van der Waals surface area (Å²) in [6.07, 6.45) is 2.46. The van der Waals surface area contributed by atoms with Gasteiger partial charge in [-0.25, -0.2) is 13.1 Å². The van der Waals surface area contributed by atoms with Crippen molar-refractivity contribution in [2.75, 3.05) is 0 Å². The monoisotopic (exact) mass is 386 g/mol. The van der Waals surface area contributed by atoms with Crippen LogP contribution in [0.4, 0.5) is 0 Å². The summed E-state index contributed by atoms with van der Waals surface area (Å²) in [5.41, 5.74) is 2.30. The van der Waals surface area contributed by atoms with Crippen molar-refractivity contribution in [3.05, 3.63) is 53.9 Å². The van der Waals surface area contributed by atoms with Crippen molar-refractivity contribution in [2.45, 2.75) is 36.9 Å². The molecular formula is C19H22N4O3S. The van der Waals surface area contributed by atoms with E-state index in [4.69, 9.17) is 0 Å². The Morgan fingerprint density at radius 3 is 2.67 bits per heavy atom. The summed E-state index contributed by atoms with van der Waals surface area (Å²) in [7, 11) is -2.16. The number of para-hydroxylation sites is 1. The lowest BCUT2D eigenvalue weighted by atomic mass is 9.75. The summed E-state index contributed by atoms with van der Waals surface area (Å²) in [6.45, 7) is 1.76. The van der Waals surface area contributed by atoms with Crippen LogP contribution >= 0.6 is 0 Å². The van der Waals surface area contributed by atoms with Crippen molar-refractivity contribution in [3.63, 3.8) is 0 Å². The molecule has 0 amide bonds. The number of nitrogens with one attached hydrogen (secondary N) is 1. The van der Waals surface area contributed by atoms with Gasteiger partial charge >= 0.3 is 0 Å². The number of pyridine rings is 1. The summed E-state index contributed by atoms with van der Waals surface area (Å²) < 4.78 is 30.2. The number of hydrogen-bond donors (Lipinski definition) is 2. The molecule has 7 nitrogen and oxygen atoms in total. The average molecular weight is 386 g/mol. The molecule has 1 aliphatic rings. The van der Waals surface area contributed by atoms with Crippen LogP contribution in [0, 0.1) is 12.8 Å². The minimum atomic E-state index is -3.77. The fourth-order valence-electron chi connectivity index (χ4n) is 3.66. The molecule has 142 valence electrons. The van der Waals surface area contributed by atoms with Crippen molar-refractivity contribution >= 4 is 20.9 Å². The molecule has 1 aliphatic carbocycles. The Bertz CT molecular complexity index is 1090. The Morgan fingerprint density at radius 2 is 2.00 bits per heavy atom. The quantitative estimate of drug-likeness (QED) is 0.700. The zero-order valence-corrected chi connectivity index (χ0v) is 16.0. The van der Waals surface area contributed by atoms with Gasteiger partial charge in [-0.3, -0.25) is 9.67 Å². The van der Waals surface area contributed by atoms with Gasteiger partial charge in [0.05, 0.1) is 23.4 Å². The third-order valence-electron chi connectivity index (χ3n) is 5.11. The number of benzene rings is 1.